The first-order valence-corrected chi connectivity index (χ1v) is 6.37. The van der Waals surface area contributed by atoms with Gasteiger partial charge < -0.3 is 14.9 Å². The van der Waals surface area contributed by atoms with Crippen molar-refractivity contribution in [3.05, 3.63) is 0 Å². The zero-order valence-electron chi connectivity index (χ0n) is 9.26. The van der Waals surface area contributed by atoms with Crippen LogP contribution in [0.2, 0.25) is 0 Å². The van der Waals surface area contributed by atoms with Crippen molar-refractivity contribution >= 4 is 16.0 Å². The van der Waals surface area contributed by atoms with E-state index in [1.807, 2.05) is 4.72 Å². The first-order valence-electron chi connectivity index (χ1n) is 4.72. The van der Waals surface area contributed by atoms with Crippen LogP contribution < -0.4 is 4.72 Å². The summed E-state index contributed by atoms with van der Waals surface area (Å²) in [5, 5.41) is 17.8. The van der Waals surface area contributed by atoms with Crippen molar-refractivity contribution in [1.82, 2.24) is 4.72 Å². The molecule has 0 rings (SSSR count). The summed E-state index contributed by atoms with van der Waals surface area (Å²) < 4.78 is 29.4. The number of sulfonamides is 1. The molecule has 0 aliphatic heterocycles. The van der Waals surface area contributed by atoms with E-state index in [1.165, 1.54) is 0 Å². The average Bonchev–Trinajstić information content (AvgIpc) is 2.15. The Balaban J connectivity index is 4.14. The van der Waals surface area contributed by atoms with Gasteiger partial charge in [-0.1, -0.05) is 0 Å². The smallest absolute Gasteiger partial charge is 0.336 e. The van der Waals surface area contributed by atoms with E-state index in [9.17, 15) is 18.3 Å². The monoisotopic (exact) mass is 255 g/mol. The third kappa shape index (κ3) is 6.01. The Bertz CT molecular complexity index is 323. The van der Waals surface area contributed by atoms with Gasteiger partial charge in [-0.15, -0.1) is 0 Å². The molecule has 0 aromatic heterocycles. The number of aliphatic carboxylic acids is 1. The molecule has 8 heteroatoms. The molecule has 0 fully saturated rings. The number of aliphatic hydroxyl groups is 1. The van der Waals surface area contributed by atoms with E-state index in [-0.39, 0.29) is 12.4 Å². The second-order valence-electron chi connectivity index (χ2n) is 3.42. The van der Waals surface area contributed by atoms with E-state index in [2.05, 4.69) is 0 Å². The summed E-state index contributed by atoms with van der Waals surface area (Å²) in [5.41, 5.74) is -2.11. The molecule has 7 nitrogen and oxygen atoms in total. The Labute approximate surface area is 94.5 Å². The summed E-state index contributed by atoms with van der Waals surface area (Å²) in [4.78, 5) is 10.5. The van der Waals surface area contributed by atoms with Crippen molar-refractivity contribution in [3.8, 4) is 0 Å². The van der Waals surface area contributed by atoms with Gasteiger partial charge in [0.2, 0.25) is 10.0 Å². The Morgan fingerprint density at radius 2 is 2.06 bits per heavy atom. The number of carbonyl (C=O) groups is 1. The molecule has 0 radical (unpaired) electrons. The van der Waals surface area contributed by atoms with Crippen molar-refractivity contribution in [2.24, 2.45) is 0 Å². The highest BCUT2D eigenvalue weighted by Crippen LogP contribution is 2.01. The quantitative estimate of drug-likeness (QED) is 0.468. The summed E-state index contributed by atoms with van der Waals surface area (Å²) in [5.74, 6) is -1.75. The van der Waals surface area contributed by atoms with Gasteiger partial charge in [-0.25, -0.2) is 17.9 Å². The lowest BCUT2D eigenvalue weighted by Crippen LogP contribution is -2.47. The average molecular weight is 255 g/mol. The molecule has 0 saturated heterocycles. The van der Waals surface area contributed by atoms with Gasteiger partial charge in [-0.05, 0) is 13.8 Å². The fraction of sp³-hybridized carbons (Fsp3) is 0.875. The van der Waals surface area contributed by atoms with Crippen LogP contribution in [0.1, 0.15) is 13.8 Å². The fourth-order valence-electron chi connectivity index (χ4n) is 0.711. The van der Waals surface area contributed by atoms with Gasteiger partial charge in [0.25, 0.3) is 0 Å². The highest BCUT2D eigenvalue weighted by Gasteiger charge is 2.31. The van der Waals surface area contributed by atoms with Crippen molar-refractivity contribution in [3.63, 3.8) is 0 Å². The number of ether oxygens (including phenoxy) is 1. The molecule has 0 aliphatic carbocycles. The maximum Gasteiger partial charge on any atom is 0.336 e. The molecule has 16 heavy (non-hydrogen) atoms. The minimum absolute atomic E-state index is 0.0288. The lowest BCUT2D eigenvalue weighted by molar-refractivity contribution is -0.155. The van der Waals surface area contributed by atoms with E-state index in [0.717, 1.165) is 6.92 Å². The van der Waals surface area contributed by atoms with E-state index >= 15 is 0 Å². The summed E-state index contributed by atoms with van der Waals surface area (Å²) in [6, 6.07) is 0. The molecule has 1 atom stereocenters. The maximum atomic E-state index is 11.3. The first-order chi connectivity index (χ1) is 7.21. The van der Waals surface area contributed by atoms with Crippen molar-refractivity contribution in [1.29, 1.82) is 0 Å². The van der Waals surface area contributed by atoms with Crippen LogP contribution in [0.15, 0.2) is 0 Å². The minimum atomic E-state index is -3.62. The van der Waals surface area contributed by atoms with Gasteiger partial charge >= 0.3 is 5.97 Å². The van der Waals surface area contributed by atoms with Crippen LogP contribution >= 0.6 is 0 Å². The van der Waals surface area contributed by atoms with Crippen LogP contribution in [-0.2, 0) is 19.6 Å². The molecule has 0 amide bonds. The summed E-state index contributed by atoms with van der Waals surface area (Å²) in [6.07, 6.45) is 0. The van der Waals surface area contributed by atoms with Crippen LogP contribution in [-0.4, -0.2) is 55.7 Å². The van der Waals surface area contributed by atoms with Crippen LogP contribution in [0, 0.1) is 0 Å². The zero-order valence-corrected chi connectivity index (χ0v) is 10.1. The molecule has 96 valence electrons. The molecule has 0 aromatic rings. The first kappa shape index (κ1) is 15.3. The van der Waals surface area contributed by atoms with Gasteiger partial charge in [-0.2, -0.15) is 0 Å². The van der Waals surface area contributed by atoms with Crippen LogP contribution in [0.4, 0.5) is 0 Å². The molecule has 0 bridgehead atoms. The van der Waals surface area contributed by atoms with E-state index in [4.69, 9.17) is 9.84 Å². The van der Waals surface area contributed by atoms with Gasteiger partial charge in [-0.3, -0.25) is 0 Å². The summed E-state index contributed by atoms with van der Waals surface area (Å²) in [7, 11) is -3.62. The number of carboxylic acids is 1. The van der Waals surface area contributed by atoms with Crippen molar-refractivity contribution < 1.29 is 28.2 Å². The van der Waals surface area contributed by atoms with Crippen LogP contribution in [0.25, 0.3) is 0 Å². The lowest BCUT2D eigenvalue weighted by Gasteiger charge is -2.18. The van der Waals surface area contributed by atoms with E-state index in [0.29, 0.717) is 6.61 Å². The third-order valence-electron chi connectivity index (χ3n) is 1.80. The molecule has 0 aromatic carbocycles. The Kier molecular flexibility index (Phi) is 5.87. The molecule has 0 saturated carbocycles. The highest BCUT2D eigenvalue weighted by molar-refractivity contribution is 7.89. The van der Waals surface area contributed by atoms with E-state index in [1.54, 1.807) is 6.92 Å². The predicted molar refractivity (Wildman–Crippen MR) is 56.5 cm³/mol. The van der Waals surface area contributed by atoms with Gasteiger partial charge in [0.05, 0.1) is 12.4 Å². The van der Waals surface area contributed by atoms with Crippen LogP contribution in [0.5, 0.6) is 0 Å². The largest absolute Gasteiger partial charge is 0.479 e. The molecule has 1 unspecified atom stereocenters. The number of hydrogen-bond acceptors (Lipinski definition) is 5. The minimum Gasteiger partial charge on any atom is -0.479 e. The SMILES string of the molecule is CCOCCS(=O)(=O)NCC(C)(O)C(=O)O. The van der Waals surface area contributed by atoms with Crippen LogP contribution in [0.3, 0.4) is 0 Å². The Morgan fingerprint density at radius 3 is 2.50 bits per heavy atom. The predicted octanol–water partition coefficient (Wildman–Crippen LogP) is -1.22. The topological polar surface area (TPSA) is 113 Å². The van der Waals surface area contributed by atoms with Crippen molar-refractivity contribution in [2.45, 2.75) is 19.4 Å². The summed E-state index contributed by atoms with van der Waals surface area (Å²) >= 11 is 0. The molecule has 0 aliphatic rings. The zero-order chi connectivity index (χ0) is 12.8. The Morgan fingerprint density at radius 1 is 1.50 bits per heavy atom. The Hall–Kier alpha value is -0.700. The van der Waals surface area contributed by atoms with Crippen molar-refractivity contribution in [2.75, 3.05) is 25.5 Å². The third-order valence-corrected chi connectivity index (χ3v) is 3.09. The molecular weight excluding hydrogens is 238 g/mol. The maximum absolute atomic E-state index is 11.3. The summed E-state index contributed by atoms with van der Waals surface area (Å²) in [6.45, 7) is 2.61. The molecule has 0 heterocycles. The normalized spacial score (nSPS) is 15.7. The second kappa shape index (κ2) is 6.14. The second-order valence-corrected chi connectivity index (χ2v) is 5.34. The number of carboxylic acid groups (broad SMARTS) is 1. The standard InChI is InChI=1S/C8H17NO6S/c1-3-15-4-5-16(13,14)9-6-8(2,12)7(10)11/h9,12H,3-6H2,1-2H3,(H,10,11). The number of hydrogen-bond donors (Lipinski definition) is 3. The van der Waals surface area contributed by atoms with Gasteiger partial charge in [0.1, 0.15) is 0 Å². The molecule has 3 N–H and O–H groups in total. The fourth-order valence-corrected chi connectivity index (χ4v) is 1.69. The van der Waals surface area contributed by atoms with Gasteiger partial charge in [0.15, 0.2) is 5.60 Å². The lowest BCUT2D eigenvalue weighted by atomic mass is 10.1. The van der Waals surface area contributed by atoms with E-state index < -0.39 is 28.1 Å². The van der Waals surface area contributed by atoms with Gasteiger partial charge in [0, 0.05) is 13.2 Å². The number of nitrogens with one attached hydrogen (secondary N) is 1. The molecule has 0 spiro atoms. The highest BCUT2D eigenvalue weighted by atomic mass is 32.2. The molecular formula is C8H17NO6S. The number of rotatable bonds is 8.